The zero-order valence-corrected chi connectivity index (χ0v) is 47.7. The first-order valence-corrected chi connectivity index (χ1v) is 27.6. The maximum absolute atomic E-state index is 14.1. The van der Waals surface area contributed by atoms with Crippen LogP contribution >= 0.6 is 0 Å². The average molecular weight is 1150 g/mol. The number of benzene rings is 1. The molecule has 9 atom stereocenters. The molecule has 81 heavy (non-hydrogen) atoms. The number of phenolic OH excluding ortho intramolecular Hbond substituents is 1. The van der Waals surface area contributed by atoms with Crippen LogP contribution in [0.4, 0.5) is 0 Å². The predicted molar refractivity (Wildman–Crippen MR) is 299 cm³/mol. The van der Waals surface area contributed by atoms with Crippen LogP contribution in [0, 0.1) is 17.8 Å². The third kappa shape index (κ3) is 28.8. The molecule has 458 valence electrons. The fraction of sp³-hybridized carbons (Fsp3) is 0.679. The summed E-state index contributed by atoms with van der Waals surface area (Å²) < 4.78 is 0. The molecular weight excluding hydrogens is 1060 g/mol. The van der Waals surface area contributed by atoms with E-state index in [-0.39, 0.29) is 82.2 Å². The summed E-state index contributed by atoms with van der Waals surface area (Å²) in [6.45, 7) is 9.51. The van der Waals surface area contributed by atoms with Gasteiger partial charge in [-0.05, 0) is 126 Å². The third-order valence-corrected chi connectivity index (χ3v) is 12.7. The van der Waals surface area contributed by atoms with E-state index in [0.717, 1.165) is 0 Å². The van der Waals surface area contributed by atoms with Crippen molar-refractivity contribution in [3.8, 4) is 5.75 Å². The van der Waals surface area contributed by atoms with Crippen LogP contribution in [0.25, 0.3) is 0 Å². The molecule has 0 bridgehead atoms. The molecule has 0 aliphatic carbocycles. The van der Waals surface area contributed by atoms with Gasteiger partial charge in [0.05, 0.1) is 25.6 Å². The summed E-state index contributed by atoms with van der Waals surface area (Å²) in [7, 11) is 0. The van der Waals surface area contributed by atoms with Crippen molar-refractivity contribution in [1.29, 1.82) is 0 Å². The molecule has 0 spiro atoms. The van der Waals surface area contributed by atoms with Crippen molar-refractivity contribution in [3.05, 3.63) is 29.8 Å². The Morgan fingerprint density at radius 1 is 0.494 bits per heavy atom. The molecule has 0 heterocycles. The van der Waals surface area contributed by atoms with Gasteiger partial charge in [-0.25, -0.2) is 4.79 Å². The van der Waals surface area contributed by atoms with Crippen LogP contribution in [0.5, 0.6) is 5.75 Å². The number of carbonyl (C=O) groups excluding carboxylic acids is 10. The van der Waals surface area contributed by atoms with Gasteiger partial charge < -0.3 is 91.8 Å². The quantitative estimate of drug-likeness (QED) is 0.0281. The molecule has 0 radical (unpaired) electrons. The summed E-state index contributed by atoms with van der Waals surface area (Å²) in [5, 5.41) is 52.5. The number of aliphatic hydroxyl groups is 1. The molecule has 1 rings (SSSR count). The first kappa shape index (κ1) is 72.0. The number of amides is 10. The SMILES string of the molecule is CC(C)C[C@H](NC(=O)[C@@H](NC(=O)[C@H](CCCCN)NC(=O)[C@H](CCCCN)NC(=O)CNC(=O)[C@H](Cc1ccc(O)cc1)NC(=O)[C@H](CCCCN)NC(=O)[C@H](CO)NC(=O)[C@H](CC(N)=O)NC(=O)[C@@H](N)CC(C)C)C(C)C)C(=O)O. The van der Waals surface area contributed by atoms with Gasteiger partial charge in [0, 0.05) is 6.42 Å². The summed E-state index contributed by atoms with van der Waals surface area (Å²) in [5.41, 5.74) is 28.9. The Morgan fingerprint density at radius 3 is 1.36 bits per heavy atom. The Kier molecular flexibility index (Phi) is 34.3. The van der Waals surface area contributed by atoms with Crippen molar-refractivity contribution in [2.45, 2.75) is 179 Å². The van der Waals surface area contributed by atoms with Crippen LogP contribution < -0.4 is 76.5 Å². The van der Waals surface area contributed by atoms with Crippen LogP contribution in [0.2, 0.25) is 0 Å². The van der Waals surface area contributed by atoms with Gasteiger partial charge in [-0.1, -0.05) is 53.7 Å². The standard InChI is InChI=1S/C53H92N14O14/c1-29(2)23-34(57)45(72)63-39(26-42(58)70)50(77)66-41(28-68)51(78)62-36(14-8-11-21-55)48(75)64-38(25-32-16-18-33(69)19-17-32)46(73)59-27-43(71)60-35(13-7-10-20-54)47(74)61-37(15-9-12-22-56)49(76)67-44(31(5)6)52(79)65-40(53(80)81)24-30(3)4/h16-19,29-31,34-41,44,68-69H,7-15,20-28,54-57H2,1-6H3,(H2,58,70)(H,59,73)(H,60,71)(H,61,74)(H,62,78)(H,63,72)(H,64,75)(H,65,79)(H,66,77)(H,67,76)(H,80,81)/t34-,35-,36-,37-,38-,39-,40-,41-,44-/m0/s1. The van der Waals surface area contributed by atoms with Gasteiger partial charge in [-0.3, -0.25) is 47.9 Å². The van der Waals surface area contributed by atoms with Crippen molar-refractivity contribution in [3.63, 3.8) is 0 Å². The molecular formula is C53H92N14O14. The maximum Gasteiger partial charge on any atom is 0.326 e. The highest BCUT2D eigenvalue weighted by Crippen LogP contribution is 2.14. The topological polar surface area (TPSA) is 487 Å². The molecule has 10 amide bonds. The van der Waals surface area contributed by atoms with E-state index in [9.17, 15) is 68.1 Å². The highest BCUT2D eigenvalue weighted by atomic mass is 16.4. The normalized spacial score (nSPS) is 14.6. The first-order valence-electron chi connectivity index (χ1n) is 27.6. The van der Waals surface area contributed by atoms with Gasteiger partial charge in [-0.2, -0.15) is 0 Å². The van der Waals surface area contributed by atoms with Crippen molar-refractivity contribution in [2.75, 3.05) is 32.8 Å². The lowest BCUT2D eigenvalue weighted by Crippen LogP contribution is -2.60. The highest BCUT2D eigenvalue weighted by molar-refractivity contribution is 5.98. The second kappa shape index (κ2) is 38.6. The number of carboxylic acids is 1. The minimum atomic E-state index is -1.74. The molecule has 0 aromatic heterocycles. The average Bonchev–Trinajstić information content (AvgIpc) is 3.41. The zero-order valence-electron chi connectivity index (χ0n) is 47.7. The summed E-state index contributed by atoms with van der Waals surface area (Å²) in [6.07, 6.45) is 1.82. The Balaban J connectivity index is 3.44. The molecule has 0 saturated carbocycles. The van der Waals surface area contributed by atoms with Gasteiger partial charge in [0.2, 0.25) is 59.1 Å². The molecule has 28 nitrogen and oxygen atoms in total. The van der Waals surface area contributed by atoms with Crippen LogP contribution in [0.15, 0.2) is 24.3 Å². The highest BCUT2D eigenvalue weighted by Gasteiger charge is 2.35. The lowest BCUT2D eigenvalue weighted by atomic mass is 9.99. The molecule has 0 fully saturated rings. The lowest BCUT2D eigenvalue weighted by molar-refractivity contribution is -0.143. The number of hydrogen-bond donors (Lipinski definition) is 17. The second-order valence-electron chi connectivity index (χ2n) is 21.2. The zero-order chi connectivity index (χ0) is 61.4. The number of aliphatic carboxylic acids is 1. The van der Waals surface area contributed by atoms with E-state index in [1.54, 1.807) is 27.7 Å². The van der Waals surface area contributed by atoms with Crippen molar-refractivity contribution in [1.82, 2.24) is 47.9 Å². The van der Waals surface area contributed by atoms with Gasteiger partial charge >= 0.3 is 5.97 Å². The van der Waals surface area contributed by atoms with E-state index in [4.69, 9.17) is 28.7 Å². The molecule has 0 aliphatic heterocycles. The molecule has 1 aromatic carbocycles. The number of primary amides is 1. The van der Waals surface area contributed by atoms with Crippen molar-refractivity contribution < 1.29 is 68.1 Å². The van der Waals surface area contributed by atoms with Crippen LogP contribution in [-0.4, -0.2) is 168 Å². The van der Waals surface area contributed by atoms with E-state index in [0.29, 0.717) is 37.7 Å². The number of aliphatic hydroxyl groups excluding tert-OH is 1. The maximum atomic E-state index is 14.1. The number of hydrogen-bond acceptors (Lipinski definition) is 17. The Morgan fingerprint density at radius 2 is 0.914 bits per heavy atom. The third-order valence-electron chi connectivity index (χ3n) is 12.7. The molecule has 0 saturated heterocycles. The van der Waals surface area contributed by atoms with Crippen LogP contribution in [0.1, 0.15) is 124 Å². The fourth-order valence-corrected chi connectivity index (χ4v) is 8.23. The Hall–Kier alpha value is -7.01. The number of unbranched alkanes of at least 4 members (excludes halogenated alkanes) is 3. The molecule has 22 N–H and O–H groups in total. The van der Waals surface area contributed by atoms with E-state index >= 15 is 0 Å². The Bertz CT molecular complexity index is 2200. The number of nitrogens with two attached hydrogens (primary N) is 5. The van der Waals surface area contributed by atoms with E-state index in [1.165, 1.54) is 24.3 Å². The van der Waals surface area contributed by atoms with Gasteiger partial charge in [0.25, 0.3) is 0 Å². The van der Waals surface area contributed by atoms with Crippen LogP contribution in [0.3, 0.4) is 0 Å². The lowest BCUT2D eigenvalue weighted by Gasteiger charge is -2.28. The number of aromatic hydroxyl groups is 1. The predicted octanol–water partition coefficient (Wildman–Crippen LogP) is -3.66. The molecule has 0 aliphatic rings. The van der Waals surface area contributed by atoms with Gasteiger partial charge in [0.1, 0.15) is 54.1 Å². The number of phenols is 1. The minimum Gasteiger partial charge on any atom is -0.508 e. The summed E-state index contributed by atoms with van der Waals surface area (Å²) in [5.74, 6) is -10.8. The number of carbonyl (C=O) groups is 11. The molecule has 0 unspecified atom stereocenters. The van der Waals surface area contributed by atoms with E-state index in [1.807, 2.05) is 13.8 Å². The van der Waals surface area contributed by atoms with Crippen LogP contribution in [-0.2, 0) is 59.2 Å². The monoisotopic (exact) mass is 1150 g/mol. The van der Waals surface area contributed by atoms with Crippen molar-refractivity contribution in [2.24, 2.45) is 46.4 Å². The summed E-state index contributed by atoms with van der Waals surface area (Å²) in [4.78, 5) is 147. The number of nitrogens with one attached hydrogen (secondary N) is 9. The van der Waals surface area contributed by atoms with Gasteiger partial charge in [0.15, 0.2) is 0 Å². The fourth-order valence-electron chi connectivity index (χ4n) is 8.23. The Labute approximate surface area is 473 Å². The molecule has 1 aromatic rings. The second-order valence-corrected chi connectivity index (χ2v) is 21.2. The number of rotatable bonds is 41. The minimum absolute atomic E-state index is 0.00310. The van der Waals surface area contributed by atoms with E-state index < -0.39 is 145 Å². The van der Waals surface area contributed by atoms with Gasteiger partial charge in [-0.15, -0.1) is 0 Å². The number of carboxylic acid groups (broad SMARTS) is 1. The largest absolute Gasteiger partial charge is 0.508 e. The smallest absolute Gasteiger partial charge is 0.326 e. The summed E-state index contributed by atoms with van der Waals surface area (Å²) >= 11 is 0. The first-order chi connectivity index (χ1) is 38.2. The molecule has 28 heteroatoms. The summed E-state index contributed by atoms with van der Waals surface area (Å²) in [6, 6.07) is -6.57. The van der Waals surface area contributed by atoms with E-state index in [2.05, 4.69) is 47.9 Å². The van der Waals surface area contributed by atoms with Crippen molar-refractivity contribution >= 4 is 65.0 Å².